The molecule has 1 saturated carbocycles. The number of nitrogens with one attached hydrogen (secondary N) is 2. The Labute approximate surface area is 357 Å². The highest BCUT2D eigenvalue weighted by atomic mass is 16.5. The third-order valence-corrected chi connectivity index (χ3v) is 12.4. The van der Waals surface area contributed by atoms with Gasteiger partial charge in [0.1, 0.15) is 23.9 Å². The lowest BCUT2D eigenvalue weighted by atomic mass is 9.84. The first-order valence-corrected chi connectivity index (χ1v) is 21.5. The summed E-state index contributed by atoms with van der Waals surface area (Å²) >= 11 is 0. The SMILES string of the molecule is CCn1c(-c2cccnc2[C@H](C)OC)c2c3cc(ccc31)-c1cc(O)cc(c1)C[C@H](NC(=O)C(C(C)C)N(C)C(=O)[C@@H]1C[C@H]1O)C(=O)N1CCC[C@H](N1)C(=O)OCC(C)(C)C2. The number of aromatic nitrogens is 2. The number of benzene rings is 2. The van der Waals surface area contributed by atoms with E-state index in [9.17, 15) is 29.4 Å². The molecule has 3 aliphatic rings. The average Bonchev–Trinajstić information content (AvgIpc) is 3.90. The molecule has 0 spiro atoms. The van der Waals surface area contributed by atoms with Crippen molar-refractivity contribution in [2.45, 2.75) is 111 Å². The molecule has 3 amide bonds. The summed E-state index contributed by atoms with van der Waals surface area (Å²) < 4.78 is 14.2. The smallest absolute Gasteiger partial charge is 0.324 e. The first-order valence-electron chi connectivity index (χ1n) is 21.5. The van der Waals surface area contributed by atoms with Gasteiger partial charge < -0.3 is 34.5 Å². The van der Waals surface area contributed by atoms with Crippen molar-refractivity contribution in [2.24, 2.45) is 17.3 Å². The molecule has 2 aromatic carbocycles. The number of methoxy groups -OCH3 is 1. The van der Waals surface area contributed by atoms with Gasteiger partial charge in [0.15, 0.2) is 0 Å². The number of aromatic hydroxyl groups is 1. The van der Waals surface area contributed by atoms with Gasteiger partial charge in [0, 0.05) is 61.7 Å². The van der Waals surface area contributed by atoms with Crippen LogP contribution < -0.4 is 10.7 Å². The summed E-state index contributed by atoms with van der Waals surface area (Å²) in [7, 11) is 3.22. The number of hydrogen-bond donors (Lipinski definition) is 4. The van der Waals surface area contributed by atoms with E-state index in [1.54, 1.807) is 32.5 Å². The number of esters is 1. The van der Waals surface area contributed by atoms with E-state index in [0.29, 0.717) is 37.8 Å². The van der Waals surface area contributed by atoms with Gasteiger partial charge in [-0.3, -0.25) is 29.2 Å². The van der Waals surface area contributed by atoms with Crippen LogP contribution in [0.1, 0.15) is 83.7 Å². The number of phenols is 1. The van der Waals surface area contributed by atoms with E-state index in [1.165, 1.54) is 9.91 Å². The number of likely N-dealkylation sites (N-methyl/N-ethyl adjacent to an activating group) is 1. The van der Waals surface area contributed by atoms with Crippen molar-refractivity contribution in [3.63, 3.8) is 0 Å². The molecule has 4 aromatic rings. The molecule has 61 heavy (non-hydrogen) atoms. The molecule has 1 saturated heterocycles. The van der Waals surface area contributed by atoms with Gasteiger partial charge in [-0.25, -0.2) is 5.43 Å². The third-order valence-electron chi connectivity index (χ3n) is 12.4. The lowest BCUT2D eigenvalue weighted by Gasteiger charge is -2.36. The monoisotopic (exact) mass is 836 g/mol. The van der Waals surface area contributed by atoms with Crippen molar-refractivity contribution in [3.05, 3.63) is 71.5 Å². The molecule has 1 aliphatic carbocycles. The normalized spacial score (nSPS) is 22.6. The number of pyridine rings is 1. The number of aliphatic hydroxyl groups excluding tert-OH is 1. The van der Waals surface area contributed by atoms with E-state index in [1.807, 2.05) is 39.0 Å². The van der Waals surface area contributed by atoms with Gasteiger partial charge in [-0.05, 0) is 104 Å². The zero-order valence-electron chi connectivity index (χ0n) is 36.5. The molecular weight excluding hydrogens is 777 g/mol. The van der Waals surface area contributed by atoms with Gasteiger partial charge in [-0.2, -0.15) is 0 Å². The van der Waals surface area contributed by atoms with Crippen LogP contribution in [-0.2, 0) is 48.0 Å². The zero-order chi connectivity index (χ0) is 43.9. The van der Waals surface area contributed by atoms with Crippen molar-refractivity contribution >= 4 is 34.6 Å². The number of carbonyl (C=O) groups excluding carboxylic acids is 4. The number of hydrogen-bond acceptors (Lipinski definition) is 10. The van der Waals surface area contributed by atoms with Crippen molar-refractivity contribution in [1.82, 2.24) is 30.2 Å². The Morgan fingerprint density at radius 2 is 1.87 bits per heavy atom. The summed E-state index contributed by atoms with van der Waals surface area (Å²) in [6, 6.07) is 12.6. The first kappa shape index (κ1) is 43.8. The van der Waals surface area contributed by atoms with Gasteiger partial charge >= 0.3 is 5.97 Å². The maximum atomic E-state index is 14.5. The fourth-order valence-electron chi connectivity index (χ4n) is 9.10. The van der Waals surface area contributed by atoms with Gasteiger partial charge in [0.05, 0.1) is 36.1 Å². The second-order valence-electron chi connectivity index (χ2n) is 18.1. The van der Waals surface area contributed by atoms with Crippen LogP contribution in [0, 0.1) is 17.3 Å². The second kappa shape index (κ2) is 17.6. The number of rotatable bonds is 9. The summed E-state index contributed by atoms with van der Waals surface area (Å²) in [5, 5.41) is 26.6. The Hall–Kier alpha value is -5.31. The largest absolute Gasteiger partial charge is 0.508 e. The maximum Gasteiger partial charge on any atom is 0.324 e. The van der Waals surface area contributed by atoms with E-state index in [2.05, 4.69) is 54.3 Å². The van der Waals surface area contributed by atoms with Gasteiger partial charge in [0.25, 0.3) is 5.91 Å². The van der Waals surface area contributed by atoms with Crippen LogP contribution in [0.25, 0.3) is 33.3 Å². The van der Waals surface area contributed by atoms with E-state index in [4.69, 9.17) is 14.5 Å². The molecule has 7 rings (SSSR count). The molecule has 326 valence electrons. The third kappa shape index (κ3) is 9.03. The molecule has 4 heterocycles. The summed E-state index contributed by atoms with van der Waals surface area (Å²) in [5.74, 6) is -2.69. The van der Waals surface area contributed by atoms with Crippen LogP contribution in [0.15, 0.2) is 54.7 Å². The van der Waals surface area contributed by atoms with E-state index >= 15 is 0 Å². The Bertz CT molecular complexity index is 2320. The predicted octanol–water partition coefficient (Wildman–Crippen LogP) is 5.32. The molecular formula is C47H60N6O8. The summed E-state index contributed by atoms with van der Waals surface area (Å²) in [4.78, 5) is 62.0. The Morgan fingerprint density at radius 3 is 2.56 bits per heavy atom. The number of cyclic esters (lactones) is 1. The Kier molecular flexibility index (Phi) is 12.6. The number of aryl methyl sites for hydroxylation is 1. The van der Waals surface area contributed by atoms with Crippen LogP contribution in [0.5, 0.6) is 5.75 Å². The summed E-state index contributed by atoms with van der Waals surface area (Å²) in [6.07, 6.45) is 2.62. The highest BCUT2D eigenvalue weighted by Crippen LogP contribution is 2.42. The predicted molar refractivity (Wildman–Crippen MR) is 231 cm³/mol. The van der Waals surface area contributed by atoms with Crippen LogP contribution in [0.2, 0.25) is 0 Å². The minimum Gasteiger partial charge on any atom is -0.508 e. The van der Waals surface area contributed by atoms with Gasteiger partial charge in [-0.1, -0.05) is 39.8 Å². The lowest BCUT2D eigenvalue weighted by molar-refractivity contribution is -0.155. The number of hydrazine groups is 1. The minimum atomic E-state index is -1.14. The number of phenolic OH excluding ortho intramolecular Hbond substituents is 1. The van der Waals surface area contributed by atoms with Crippen molar-refractivity contribution in [3.8, 4) is 28.1 Å². The van der Waals surface area contributed by atoms with E-state index < -0.39 is 53.3 Å². The number of fused-ring (bicyclic) bond motifs is 6. The minimum absolute atomic E-state index is 0.00257. The van der Waals surface area contributed by atoms with Gasteiger partial charge in [-0.15, -0.1) is 0 Å². The Morgan fingerprint density at radius 1 is 1.11 bits per heavy atom. The fraction of sp³-hybridized carbons (Fsp3) is 0.511. The number of carbonyl (C=O) groups is 4. The van der Waals surface area contributed by atoms with Crippen LogP contribution in [0.3, 0.4) is 0 Å². The summed E-state index contributed by atoms with van der Waals surface area (Å²) in [5.41, 5.74) is 9.56. The number of amides is 3. The van der Waals surface area contributed by atoms with E-state index in [0.717, 1.165) is 44.5 Å². The molecule has 1 unspecified atom stereocenters. The first-order chi connectivity index (χ1) is 29.0. The Balaban J connectivity index is 1.35. The highest BCUT2D eigenvalue weighted by molar-refractivity contribution is 5.96. The maximum absolute atomic E-state index is 14.5. The molecule has 2 aliphatic heterocycles. The molecule has 2 fully saturated rings. The molecule has 4 N–H and O–H groups in total. The standard InChI is InChI=1S/C47H60N6O8/c1-9-52-38-15-14-29-22-33(38)35(42(52)32-12-10-16-48-40(32)27(4)60-8)24-47(5,6)25-61-46(59)36-13-11-17-53(50-36)45(58)37(20-28-18-30(29)21-31(54)19-28)49-43(56)41(26(2)3)51(7)44(57)34-23-39(34)55/h10,12,14-16,18-19,21-22,26-27,34,36-37,39,41,50,54-55H,9,11,13,17,20,23-25H2,1-8H3,(H,49,56)/t27-,34+,36-,37-,39+,41?/m0/s1. The number of nitrogens with zero attached hydrogens (tertiary/aromatic N) is 4. The molecule has 14 nitrogen and oxygen atoms in total. The molecule has 14 heteroatoms. The molecule has 0 radical (unpaired) electrons. The zero-order valence-corrected chi connectivity index (χ0v) is 36.5. The highest BCUT2D eigenvalue weighted by Gasteiger charge is 2.46. The number of ether oxygens (including phenoxy) is 2. The van der Waals surface area contributed by atoms with Gasteiger partial charge in [0.2, 0.25) is 11.8 Å². The molecule has 2 aromatic heterocycles. The van der Waals surface area contributed by atoms with Crippen LogP contribution >= 0.6 is 0 Å². The van der Waals surface area contributed by atoms with Crippen LogP contribution in [0.4, 0.5) is 0 Å². The fourth-order valence-corrected chi connectivity index (χ4v) is 9.10. The number of aliphatic hydroxyl groups is 1. The lowest BCUT2D eigenvalue weighted by Crippen LogP contribution is -2.62. The topological polar surface area (TPSA) is 176 Å². The summed E-state index contributed by atoms with van der Waals surface area (Å²) in [6.45, 7) is 13.0. The quantitative estimate of drug-likeness (QED) is 0.162. The second-order valence-corrected chi connectivity index (χ2v) is 18.1. The van der Waals surface area contributed by atoms with Crippen molar-refractivity contribution < 1.29 is 38.9 Å². The van der Waals surface area contributed by atoms with Crippen molar-refractivity contribution in [1.29, 1.82) is 0 Å². The van der Waals surface area contributed by atoms with Crippen LogP contribution in [-0.4, -0.2) is 105 Å². The molecule has 6 bridgehead atoms. The van der Waals surface area contributed by atoms with E-state index in [-0.39, 0.29) is 43.3 Å². The van der Waals surface area contributed by atoms with Crippen molar-refractivity contribution in [2.75, 3.05) is 27.3 Å². The average molecular weight is 837 g/mol. The molecule has 6 atom stereocenters.